The number of benzene rings is 2. The Morgan fingerprint density at radius 1 is 0.744 bits per heavy atom. The van der Waals surface area contributed by atoms with Crippen LogP contribution in [0.4, 0.5) is 4.79 Å². The van der Waals surface area contributed by atoms with Gasteiger partial charge in [0.15, 0.2) is 12.2 Å². The minimum Gasteiger partial charge on any atom is -0.463 e. The van der Waals surface area contributed by atoms with Crippen molar-refractivity contribution in [1.82, 2.24) is 0 Å². The normalized spacial score (nSPS) is 20.3. The summed E-state index contributed by atoms with van der Waals surface area (Å²) >= 11 is 0. The monoisotopic (exact) mass is 598 g/mol. The summed E-state index contributed by atoms with van der Waals surface area (Å²) in [5.41, 5.74) is 0.417. The number of carbonyl (C=O) groups excluding carboxylic acids is 5. The zero-order valence-corrected chi connectivity index (χ0v) is 23.3. The number of fused-ring (bicyclic) bond motifs is 1. The molecular weight excluding hydrogens is 568 g/mol. The first-order valence-corrected chi connectivity index (χ1v) is 13.4. The number of hydrogen-bond acceptors (Lipinski definition) is 13. The summed E-state index contributed by atoms with van der Waals surface area (Å²) in [6.45, 7) is 5.12. The Morgan fingerprint density at radius 3 is 1.81 bits per heavy atom. The van der Waals surface area contributed by atoms with Crippen molar-refractivity contribution >= 4 is 30.0 Å². The predicted octanol–water partition coefficient (Wildman–Crippen LogP) is 3.19. The fourth-order valence-electron chi connectivity index (χ4n) is 4.25. The molecule has 0 spiro atoms. The van der Waals surface area contributed by atoms with Gasteiger partial charge >= 0.3 is 30.0 Å². The lowest BCUT2D eigenvalue weighted by molar-refractivity contribution is -0.151. The Hall–Kier alpha value is -4.75. The lowest BCUT2D eigenvalue weighted by Gasteiger charge is -2.17. The Balaban J connectivity index is 1.19. The minimum atomic E-state index is -0.917. The highest BCUT2D eigenvalue weighted by atomic mass is 16.7. The molecule has 13 nitrogen and oxygen atoms in total. The standard InChI is InChI=1S/C30H30O13/c1-3-25(32)36-14-4-5-15-37-30(35)42-22-12-8-19(9-13-22)28(33)41-21-10-6-20(7-11-21)29(34)43-24-17-39-26-23(40-18(2)31)16-38-27(24)26/h3,6-13,23-24,26-27H,1,4-5,14-17H2,2H3/t23-,24+,26+,27+/m0/s1. The summed E-state index contributed by atoms with van der Waals surface area (Å²) < 4.78 is 42.2. The van der Waals surface area contributed by atoms with E-state index in [-0.39, 0.29) is 49.1 Å². The van der Waals surface area contributed by atoms with Gasteiger partial charge in [0, 0.05) is 13.0 Å². The van der Waals surface area contributed by atoms with Gasteiger partial charge in [0.25, 0.3) is 0 Å². The van der Waals surface area contributed by atoms with Crippen LogP contribution in [0.1, 0.15) is 40.5 Å². The number of rotatable bonds is 12. The van der Waals surface area contributed by atoms with E-state index in [0.29, 0.717) is 12.8 Å². The second kappa shape index (κ2) is 14.9. The lowest BCUT2D eigenvalue weighted by atomic mass is 10.1. The highest BCUT2D eigenvalue weighted by Crippen LogP contribution is 2.31. The van der Waals surface area contributed by atoms with Crippen LogP contribution in [0.2, 0.25) is 0 Å². The highest BCUT2D eigenvalue weighted by molar-refractivity contribution is 5.92. The Bertz CT molecular complexity index is 1320. The fourth-order valence-corrected chi connectivity index (χ4v) is 4.25. The lowest BCUT2D eigenvalue weighted by Crippen LogP contribution is -2.35. The van der Waals surface area contributed by atoms with Gasteiger partial charge in [-0.25, -0.2) is 19.2 Å². The summed E-state index contributed by atoms with van der Waals surface area (Å²) in [6, 6.07) is 11.4. The van der Waals surface area contributed by atoms with E-state index in [1.165, 1.54) is 55.5 Å². The summed E-state index contributed by atoms with van der Waals surface area (Å²) in [5, 5.41) is 0. The van der Waals surface area contributed by atoms with E-state index in [0.717, 1.165) is 6.08 Å². The van der Waals surface area contributed by atoms with Gasteiger partial charge < -0.3 is 37.9 Å². The SMILES string of the molecule is C=CC(=O)OCCCCOC(=O)Oc1ccc(C(=O)Oc2ccc(C(=O)O[C@@H]3CO[C@H]4[C@@H]3OC[C@@H]4OC(C)=O)cc2)cc1. The number of ether oxygens (including phenoxy) is 8. The Morgan fingerprint density at radius 2 is 1.26 bits per heavy atom. The molecule has 0 saturated carbocycles. The Labute approximate surface area is 246 Å². The molecule has 2 fully saturated rings. The second-order valence-electron chi connectivity index (χ2n) is 9.41. The molecule has 2 saturated heterocycles. The molecular formula is C30H30O13. The van der Waals surface area contributed by atoms with Gasteiger partial charge in [0.1, 0.15) is 23.7 Å². The summed E-state index contributed by atoms with van der Waals surface area (Å²) in [5.74, 6) is -1.90. The molecule has 0 unspecified atom stereocenters. The van der Waals surface area contributed by atoms with Gasteiger partial charge in [0.2, 0.25) is 0 Å². The molecule has 4 atom stereocenters. The second-order valence-corrected chi connectivity index (χ2v) is 9.41. The molecule has 0 aromatic heterocycles. The first kappa shape index (κ1) is 31.2. The van der Waals surface area contributed by atoms with E-state index in [9.17, 15) is 24.0 Å². The van der Waals surface area contributed by atoms with E-state index in [2.05, 4.69) is 6.58 Å². The van der Waals surface area contributed by atoms with E-state index in [4.69, 9.17) is 37.9 Å². The maximum atomic E-state index is 12.7. The van der Waals surface area contributed by atoms with E-state index >= 15 is 0 Å². The molecule has 2 aliphatic heterocycles. The summed E-state index contributed by atoms with van der Waals surface area (Å²) in [4.78, 5) is 59.2. The molecule has 0 amide bonds. The molecule has 13 heteroatoms. The molecule has 2 heterocycles. The Kier molecular flexibility index (Phi) is 10.8. The third kappa shape index (κ3) is 8.87. The van der Waals surface area contributed by atoms with Crippen molar-refractivity contribution < 1.29 is 61.9 Å². The van der Waals surface area contributed by atoms with Crippen LogP contribution in [0.3, 0.4) is 0 Å². The quantitative estimate of drug-likeness (QED) is 0.0876. The van der Waals surface area contributed by atoms with Crippen LogP contribution in [0.5, 0.6) is 11.5 Å². The molecule has 2 aliphatic rings. The highest BCUT2D eigenvalue weighted by Gasteiger charge is 2.51. The van der Waals surface area contributed by atoms with E-state index in [1.54, 1.807) is 0 Å². The molecule has 0 N–H and O–H groups in total. The van der Waals surface area contributed by atoms with Crippen LogP contribution in [0.15, 0.2) is 61.2 Å². The van der Waals surface area contributed by atoms with Crippen LogP contribution in [-0.4, -0.2) is 80.9 Å². The molecule has 4 rings (SSSR count). The number of esters is 4. The molecule has 0 radical (unpaired) electrons. The first-order chi connectivity index (χ1) is 20.7. The third-order valence-corrected chi connectivity index (χ3v) is 6.30. The van der Waals surface area contributed by atoms with Crippen molar-refractivity contribution in [3.8, 4) is 11.5 Å². The molecule has 228 valence electrons. The van der Waals surface area contributed by atoms with E-state index in [1.807, 2.05) is 0 Å². The van der Waals surface area contributed by atoms with Crippen molar-refractivity contribution in [3.05, 3.63) is 72.3 Å². The molecule has 43 heavy (non-hydrogen) atoms. The first-order valence-electron chi connectivity index (χ1n) is 13.4. The molecule has 2 aromatic carbocycles. The molecule has 2 aromatic rings. The average molecular weight is 599 g/mol. The van der Waals surface area contributed by atoms with Crippen LogP contribution < -0.4 is 9.47 Å². The largest absolute Gasteiger partial charge is 0.513 e. The van der Waals surface area contributed by atoms with Crippen LogP contribution in [0.25, 0.3) is 0 Å². The fraction of sp³-hybridized carbons (Fsp3) is 0.367. The summed E-state index contributed by atoms with van der Waals surface area (Å²) in [7, 11) is 0. The average Bonchev–Trinajstić information content (AvgIpc) is 3.58. The summed E-state index contributed by atoms with van der Waals surface area (Å²) in [6.07, 6.45) is -1.13. The van der Waals surface area contributed by atoms with Gasteiger partial charge in [0.05, 0.1) is 37.6 Å². The number of unbranched alkanes of at least 4 members (excludes halogenated alkanes) is 1. The van der Waals surface area contributed by atoms with Gasteiger partial charge in [-0.15, -0.1) is 0 Å². The van der Waals surface area contributed by atoms with Crippen molar-refractivity contribution in [2.24, 2.45) is 0 Å². The molecule has 0 bridgehead atoms. The number of carbonyl (C=O) groups is 5. The van der Waals surface area contributed by atoms with Gasteiger partial charge in [-0.3, -0.25) is 4.79 Å². The van der Waals surface area contributed by atoms with Crippen molar-refractivity contribution in [2.45, 2.75) is 44.2 Å². The van der Waals surface area contributed by atoms with Gasteiger partial charge in [-0.2, -0.15) is 0 Å². The van der Waals surface area contributed by atoms with Crippen LogP contribution >= 0.6 is 0 Å². The van der Waals surface area contributed by atoms with Crippen molar-refractivity contribution in [1.29, 1.82) is 0 Å². The van der Waals surface area contributed by atoms with Crippen molar-refractivity contribution in [2.75, 3.05) is 26.4 Å². The zero-order chi connectivity index (χ0) is 30.8. The zero-order valence-electron chi connectivity index (χ0n) is 23.3. The maximum Gasteiger partial charge on any atom is 0.513 e. The van der Waals surface area contributed by atoms with Crippen molar-refractivity contribution in [3.63, 3.8) is 0 Å². The van der Waals surface area contributed by atoms with Gasteiger partial charge in [-0.05, 0) is 61.4 Å². The molecule has 0 aliphatic carbocycles. The maximum absolute atomic E-state index is 12.7. The number of hydrogen-bond donors (Lipinski definition) is 0. The van der Waals surface area contributed by atoms with Crippen LogP contribution in [-0.2, 0) is 38.0 Å². The van der Waals surface area contributed by atoms with Crippen LogP contribution in [0, 0.1) is 0 Å². The van der Waals surface area contributed by atoms with Gasteiger partial charge in [-0.1, -0.05) is 6.58 Å². The third-order valence-electron chi connectivity index (χ3n) is 6.30. The topological polar surface area (TPSA) is 159 Å². The van der Waals surface area contributed by atoms with E-state index < -0.39 is 54.4 Å². The minimum absolute atomic E-state index is 0.0772. The smallest absolute Gasteiger partial charge is 0.463 e. The predicted molar refractivity (Wildman–Crippen MR) is 144 cm³/mol.